The predicted octanol–water partition coefficient (Wildman–Crippen LogP) is 5.41. The number of hydrogen-bond acceptors (Lipinski definition) is 1. The van der Waals surface area contributed by atoms with Gasteiger partial charge < -0.3 is 5.32 Å². The molecule has 1 N–H and O–H groups in total. The Kier molecular flexibility index (Phi) is 5.45. The average Bonchev–Trinajstić information content (AvgIpc) is 2.48. The maximum atomic E-state index is 5.89. The first-order chi connectivity index (χ1) is 9.78. The van der Waals surface area contributed by atoms with Crippen molar-refractivity contribution < 1.29 is 0 Å². The van der Waals surface area contributed by atoms with E-state index in [4.69, 9.17) is 11.6 Å². The van der Waals surface area contributed by atoms with Crippen LogP contribution < -0.4 is 5.32 Å². The molecule has 1 unspecified atom stereocenters. The fourth-order valence-electron chi connectivity index (χ4n) is 1.92. The van der Waals surface area contributed by atoms with Crippen LogP contribution in [-0.2, 0) is 0 Å². The van der Waals surface area contributed by atoms with Crippen LogP contribution in [0.3, 0.4) is 0 Å². The van der Waals surface area contributed by atoms with Crippen LogP contribution in [0.15, 0.2) is 73.3 Å². The molecule has 0 saturated carbocycles. The molecule has 0 aliphatic rings. The summed E-state index contributed by atoms with van der Waals surface area (Å²) in [5.41, 5.74) is 2.25. The zero-order valence-electron chi connectivity index (χ0n) is 11.3. The highest BCUT2D eigenvalue weighted by Crippen LogP contribution is 2.16. The van der Waals surface area contributed by atoms with Crippen LogP contribution in [0.4, 0.5) is 5.69 Å². The van der Waals surface area contributed by atoms with Crippen LogP contribution in [0, 0.1) is 0 Å². The third-order valence-corrected chi connectivity index (χ3v) is 3.19. The number of rotatable bonds is 6. The second-order valence-electron chi connectivity index (χ2n) is 4.55. The van der Waals surface area contributed by atoms with E-state index in [2.05, 4.69) is 36.2 Å². The Hall–Kier alpha value is -1.99. The van der Waals surface area contributed by atoms with Crippen molar-refractivity contribution in [1.29, 1.82) is 0 Å². The smallest absolute Gasteiger partial charge is 0.0482 e. The predicted molar refractivity (Wildman–Crippen MR) is 89.2 cm³/mol. The van der Waals surface area contributed by atoms with Crippen molar-refractivity contribution >= 4 is 23.4 Å². The van der Waals surface area contributed by atoms with E-state index in [0.29, 0.717) is 0 Å². The molecule has 0 bridgehead atoms. The Morgan fingerprint density at radius 1 is 1.05 bits per heavy atom. The van der Waals surface area contributed by atoms with E-state index in [1.165, 1.54) is 5.56 Å². The van der Waals surface area contributed by atoms with Crippen molar-refractivity contribution in [2.75, 3.05) is 5.32 Å². The summed E-state index contributed by atoms with van der Waals surface area (Å²) in [6, 6.07) is 18.2. The van der Waals surface area contributed by atoms with Crippen molar-refractivity contribution in [3.8, 4) is 0 Å². The zero-order valence-corrected chi connectivity index (χ0v) is 12.1. The lowest BCUT2D eigenvalue weighted by atomic mass is 10.1. The Morgan fingerprint density at radius 3 is 2.40 bits per heavy atom. The van der Waals surface area contributed by atoms with Crippen molar-refractivity contribution in [1.82, 2.24) is 0 Å². The van der Waals surface area contributed by atoms with E-state index < -0.39 is 0 Å². The minimum Gasteiger partial charge on any atom is -0.379 e. The van der Waals surface area contributed by atoms with E-state index in [9.17, 15) is 0 Å². The lowest BCUT2D eigenvalue weighted by Crippen LogP contribution is -2.15. The summed E-state index contributed by atoms with van der Waals surface area (Å²) in [6.45, 7) is 3.82. The van der Waals surface area contributed by atoms with Crippen LogP contribution in [0.1, 0.15) is 12.0 Å². The summed E-state index contributed by atoms with van der Waals surface area (Å²) < 4.78 is 0. The molecule has 2 heteroatoms. The van der Waals surface area contributed by atoms with Gasteiger partial charge in [-0.2, -0.15) is 0 Å². The van der Waals surface area contributed by atoms with E-state index in [-0.39, 0.29) is 6.04 Å². The Balaban J connectivity index is 2.05. The highest BCUT2D eigenvalue weighted by atomic mass is 35.5. The maximum Gasteiger partial charge on any atom is 0.0482 e. The fraction of sp³-hybridized carbons (Fsp3) is 0.111. The molecule has 2 rings (SSSR count). The molecule has 0 fully saturated rings. The van der Waals surface area contributed by atoms with Gasteiger partial charge in [0, 0.05) is 16.8 Å². The molecule has 102 valence electrons. The molecule has 1 atom stereocenters. The highest BCUT2D eigenvalue weighted by Gasteiger charge is 2.02. The molecule has 0 aliphatic carbocycles. The zero-order chi connectivity index (χ0) is 14.2. The van der Waals surface area contributed by atoms with Gasteiger partial charge in [0.1, 0.15) is 0 Å². The van der Waals surface area contributed by atoms with E-state index in [1.807, 2.05) is 48.5 Å². The summed E-state index contributed by atoms with van der Waals surface area (Å²) in [5.74, 6) is 0. The van der Waals surface area contributed by atoms with Crippen LogP contribution in [0.2, 0.25) is 5.02 Å². The third kappa shape index (κ3) is 4.60. The second kappa shape index (κ2) is 7.56. The van der Waals surface area contributed by atoms with Gasteiger partial charge in [0.2, 0.25) is 0 Å². The summed E-state index contributed by atoms with van der Waals surface area (Å²) in [7, 11) is 0. The molecule has 0 saturated heterocycles. The Morgan fingerprint density at radius 2 is 1.75 bits per heavy atom. The number of benzene rings is 2. The minimum absolute atomic E-state index is 0.217. The summed E-state index contributed by atoms with van der Waals surface area (Å²) in [6.07, 6.45) is 7.07. The van der Waals surface area contributed by atoms with Crippen LogP contribution in [-0.4, -0.2) is 6.04 Å². The first kappa shape index (κ1) is 14.4. The Labute approximate surface area is 125 Å². The molecular weight excluding hydrogens is 266 g/mol. The van der Waals surface area contributed by atoms with Crippen molar-refractivity contribution in [3.63, 3.8) is 0 Å². The van der Waals surface area contributed by atoms with E-state index in [1.54, 1.807) is 0 Å². The highest BCUT2D eigenvalue weighted by molar-refractivity contribution is 6.30. The van der Waals surface area contributed by atoms with E-state index >= 15 is 0 Å². The number of anilines is 1. The molecule has 0 radical (unpaired) electrons. The van der Waals surface area contributed by atoms with Gasteiger partial charge in [-0.1, -0.05) is 60.2 Å². The average molecular weight is 284 g/mol. The second-order valence-corrected chi connectivity index (χ2v) is 4.99. The van der Waals surface area contributed by atoms with Crippen molar-refractivity contribution in [2.45, 2.75) is 12.5 Å². The largest absolute Gasteiger partial charge is 0.379 e. The SMILES string of the molecule is C=CCC(/C=C/c1ccccc1)Nc1ccc(Cl)cc1. The molecule has 0 amide bonds. The lowest BCUT2D eigenvalue weighted by Gasteiger charge is -2.14. The molecule has 2 aromatic carbocycles. The van der Waals surface area contributed by atoms with Gasteiger partial charge in [0.25, 0.3) is 0 Å². The monoisotopic (exact) mass is 283 g/mol. The summed E-state index contributed by atoms with van der Waals surface area (Å²) in [4.78, 5) is 0. The molecule has 1 nitrogen and oxygen atoms in total. The van der Waals surface area contributed by atoms with Crippen molar-refractivity contribution in [3.05, 3.63) is 83.9 Å². The molecule has 0 spiro atoms. The van der Waals surface area contributed by atoms with E-state index in [0.717, 1.165) is 17.1 Å². The summed E-state index contributed by atoms with van der Waals surface area (Å²) in [5, 5.41) is 4.21. The van der Waals surface area contributed by atoms with Gasteiger partial charge in [-0.05, 0) is 36.2 Å². The van der Waals surface area contributed by atoms with Gasteiger partial charge >= 0.3 is 0 Å². The topological polar surface area (TPSA) is 12.0 Å². The van der Waals surface area contributed by atoms with Crippen LogP contribution in [0.25, 0.3) is 6.08 Å². The molecule has 2 aromatic rings. The van der Waals surface area contributed by atoms with Gasteiger partial charge in [0.05, 0.1) is 0 Å². The lowest BCUT2D eigenvalue weighted by molar-refractivity contribution is 0.899. The van der Waals surface area contributed by atoms with Gasteiger partial charge in [-0.25, -0.2) is 0 Å². The summed E-state index contributed by atoms with van der Waals surface area (Å²) >= 11 is 5.89. The molecular formula is C18H18ClN. The molecule has 0 aromatic heterocycles. The maximum absolute atomic E-state index is 5.89. The number of halogens is 1. The standard InChI is InChI=1S/C18H18ClN/c1-2-6-17(12-9-15-7-4-3-5-8-15)20-18-13-10-16(19)11-14-18/h2-5,7-14,17,20H,1,6H2/b12-9+. The first-order valence-electron chi connectivity index (χ1n) is 6.64. The molecule has 20 heavy (non-hydrogen) atoms. The fourth-order valence-corrected chi connectivity index (χ4v) is 2.04. The Bertz CT molecular complexity index is 558. The molecule has 0 heterocycles. The number of hydrogen-bond donors (Lipinski definition) is 1. The first-order valence-corrected chi connectivity index (χ1v) is 7.02. The van der Waals surface area contributed by atoms with Crippen LogP contribution in [0.5, 0.6) is 0 Å². The van der Waals surface area contributed by atoms with Gasteiger partial charge in [-0.3, -0.25) is 0 Å². The number of nitrogens with one attached hydrogen (secondary N) is 1. The van der Waals surface area contributed by atoms with Crippen LogP contribution >= 0.6 is 11.6 Å². The molecule has 0 aliphatic heterocycles. The minimum atomic E-state index is 0.217. The normalized spacial score (nSPS) is 12.2. The van der Waals surface area contributed by atoms with Gasteiger partial charge in [-0.15, -0.1) is 6.58 Å². The third-order valence-electron chi connectivity index (χ3n) is 2.94. The van der Waals surface area contributed by atoms with Crippen molar-refractivity contribution in [2.24, 2.45) is 0 Å². The quantitative estimate of drug-likeness (QED) is 0.699. The van der Waals surface area contributed by atoms with Gasteiger partial charge in [0.15, 0.2) is 0 Å².